The van der Waals surface area contributed by atoms with Gasteiger partial charge in [0.1, 0.15) is 17.5 Å². The predicted molar refractivity (Wildman–Crippen MR) is 83.9 cm³/mol. The molecule has 0 aliphatic carbocycles. The van der Waals surface area contributed by atoms with Crippen LogP contribution >= 0.6 is 0 Å². The minimum absolute atomic E-state index is 0.0431. The fourth-order valence-electron chi connectivity index (χ4n) is 2.13. The van der Waals surface area contributed by atoms with E-state index >= 15 is 0 Å². The highest BCUT2D eigenvalue weighted by atomic mass is 19.4. The average molecular weight is 380 g/mol. The summed E-state index contributed by atoms with van der Waals surface area (Å²) in [7, 11) is 0. The van der Waals surface area contributed by atoms with Gasteiger partial charge in [0.05, 0.1) is 17.7 Å². The number of carbonyl (C=O) groups is 2. The first-order chi connectivity index (χ1) is 12.6. The van der Waals surface area contributed by atoms with Crippen molar-refractivity contribution >= 4 is 11.8 Å². The summed E-state index contributed by atoms with van der Waals surface area (Å²) in [6.45, 7) is 0. The number of pyridine rings is 1. The number of alkyl halides is 3. The van der Waals surface area contributed by atoms with Crippen LogP contribution < -0.4 is 4.74 Å². The minimum Gasteiger partial charge on any atom is -0.504 e. The first kappa shape index (κ1) is 19.7. The average Bonchev–Trinajstić information content (AvgIpc) is 2.59. The Hall–Kier alpha value is -3.61. The lowest BCUT2D eigenvalue weighted by Crippen LogP contribution is -2.16. The number of carbonyl (C=O) groups excluding carboxylic acids is 1. The van der Waals surface area contributed by atoms with Crippen LogP contribution in [0, 0.1) is 11.3 Å². The molecule has 0 amide bonds. The van der Waals surface area contributed by atoms with Gasteiger partial charge in [-0.1, -0.05) is 0 Å². The fraction of sp³-hybridized carbons (Fsp3) is 0.176. The molecule has 27 heavy (non-hydrogen) atoms. The summed E-state index contributed by atoms with van der Waals surface area (Å²) in [4.78, 5) is 26.6. The highest BCUT2D eigenvalue weighted by Crippen LogP contribution is 2.30. The molecule has 0 aliphatic rings. The SMILES string of the molecule is N#Cc1cc(-c2ccc(OC(F)(F)F)cc2)nc(C(=O)CCC(=O)O)c1O. The van der Waals surface area contributed by atoms with Crippen molar-refractivity contribution in [2.24, 2.45) is 0 Å². The monoisotopic (exact) mass is 380 g/mol. The number of hydrogen-bond donors (Lipinski definition) is 2. The molecule has 1 heterocycles. The van der Waals surface area contributed by atoms with Crippen molar-refractivity contribution in [3.8, 4) is 28.8 Å². The number of carboxylic acid groups (broad SMARTS) is 1. The zero-order valence-corrected chi connectivity index (χ0v) is 13.4. The summed E-state index contributed by atoms with van der Waals surface area (Å²) in [6.07, 6.45) is -5.78. The first-order valence-electron chi connectivity index (χ1n) is 7.36. The molecule has 0 radical (unpaired) electrons. The number of aromatic hydroxyl groups is 1. The number of carboxylic acids is 1. The van der Waals surface area contributed by atoms with Crippen LogP contribution in [0.25, 0.3) is 11.3 Å². The number of ether oxygens (including phenoxy) is 1. The van der Waals surface area contributed by atoms with Gasteiger partial charge in [0.2, 0.25) is 0 Å². The Bertz CT molecular complexity index is 918. The molecular weight excluding hydrogens is 369 g/mol. The van der Waals surface area contributed by atoms with E-state index in [1.165, 1.54) is 12.1 Å². The number of hydrogen-bond acceptors (Lipinski definition) is 6. The molecule has 140 valence electrons. The third kappa shape index (κ3) is 5.18. The first-order valence-corrected chi connectivity index (χ1v) is 7.36. The second-order valence-electron chi connectivity index (χ2n) is 5.25. The molecule has 0 aliphatic heterocycles. The van der Waals surface area contributed by atoms with Crippen molar-refractivity contribution < 1.29 is 37.7 Å². The number of aliphatic carboxylic acids is 1. The van der Waals surface area contributed by atoms with Crippen LogP contribution in [0.2, 0.25) is 0 Å². The van der Waals surface area contributed by atoms with E-state index < -0.39 is 48.1 Å². The Morgan fingerprint density at radius 1 is 1.19 bits per heavy atom. The van der Waals surface area contributed by atoms with Gasteiger partial charge in [-0.05, 0) is 30.3 Å². The van der Waals surface area contributed by atoms with Crippen LogP contribution in [0.3, 0.4) is 0 Å². The minimum atomic E-state index is -4.85. The maximum Gasteiger partial charge on any atom is 0.573 e. The smallest absolute Gasteiger partial charge is 0.504 e. The lowest BCUT2D eigenvalue weighted by atomic mass is 10.0. The molecule has 0 spiro atoms. The molecule has 0 saturated heterocycles. The quantitative estimate of drug-likeness (QED) is 0.738. The molecule has 0 saturated carbocycles. The van der Waals surface area contributed by atoms with Crippen molar-refractivity contribution in [1.29, 1.82) is 5.26 Å². The van der Waals surface area contributed by atoms with Gasteiger partial charge in [-0.2, -0.15) is 5.26 Å². The Balaban J connectivity index is 2.40. The van der Waals surface area contributed by atoms with Gasteiger partial charge in [0, 0.05) is 12.0 Å². The molecule has 1 aromatic carbocycles. The standard InChI is InChI=1S/C17H11F3N2O5/c18-17(19,20)27-11-3-1-9(2-4-11)12-7-10(8-21)16(26)15(22-12)13(23)5-6-14(24)25/h1-4,7,26H,5-6H2,(H,24,25). The number of halogens is 3. The molecule has 7 nitrogen and oxygen atoms in total. The zero-order valence-electron chi connectivity index (χ0n) is 13.4. The van der Waals surface area contributed by atoms with Crippen LogP contribution in [-0.2, 0) is 4.79 Å². The number of Topliss-reactive ketones (excluding diaryl/α,β-unsaturated/α-hetero) is 1. The van der Waals surface area contributed by atoms with Gasteiger partial charge in [-0.25, -0.2) is 4.98 Å². The van der Waals surface area contributed by atoms with Crippen LogP contribution in [-0.4, -0.2) is 33.3 Å². The second-order valence-corrected chi connectivity index (χ2v) is 5.25. The summed E-state index contributed by atoms with van der Waals surface area (Å²) in [6, 6.07) is 7.34. The number of nitrogens with zero attached hydrogens (tertiary/aromatic N) is 2. The predicted octanol–water partition coefficient (Wildman–Crippen LogP) is 3.27. The van der Waals surface area contributed by atoms with Gasteiger partial charge < -0.3 is 14.9 Å². The van der Waals surface area contributed by atoms with Crippen molar-refractivity contribution in [1.82, 2.24) is 4.98 Å². The molecule has 2 N–H and O–H groups in total. The van der Waals surface area contributed by atoms with E-state index in [1.807, 2.05) is 0 Å². The van der Waals surface area contributed by atoms with Gasteiger partial charge in [-0.3, -0.25) is 9.59 Å². The van der Waals surface area contributed by atoms with Crippen LogP contribution in [0.4, 0.5) is 13.2 Å². The van der Waals surface area contributed by atoms with Crippen LogP contribution in [0.15, 0.2) is 30.3 Å². The van der Waals surface area contributed by atoms with E-state index in [2.05, 4.69) is 9.72 Å². The van der Waals surface area contributed by atoms with Crippen molar-refractivity contribution in [3.05, 3.63) is 41.6 Å². The Morgan fingerprint density at radius 2 is 1.81 bits per heavy atom. The van der Waals surface area contributed by atoms with E-state index in [0.717, 1.165) is 18.2 Å². The molecule has 10 heteroatoms. The van der Waals surface area contributed by atoms with Crippen LogP contribution in [0.1, 0.15) is 28.9 Å². The van der Waals surface area contributed by atoms with Crippen molar-refractivity contribution in [2.75, 3.05) is 0 Å². The van der Waals surface area contributed by atoms with E-state index in [4.69, 9.17) is 10.4 Å². The summed E-state index contributed by atoms with van der Waals surface area (Å²) >= 11 is 0. The molecule has 0 atom stereocenters. The fourth-order valence-corrected chi connectivity index (χ4v) is 2.13. The lowest BCUT2D eigenvalue weighted by molar-refractivity contribution is -0.274. The third-order valence-corrected chi connectivity index (χ3v) is 3.33. The summed E-state index contributed by atoms with van der Waals surface area (Å²) in [5.41, 5.74) is -0.467. The second kappa shape index (κ2) is 7.74. The van der Waals surface area contributed by atoms with E-state index in [1.54, 1.807) is 6.07 Å². The number of benzene rings is 1. The Kier molecular flexibility index (Phi) is 5.65. The van der Waals surface area contributed by atoms with E-state index in [-0.39, 0.29) is 16.8 Å². The van der Waals surface area contributed by atoms with Crippen molar-refractivity contribution in [3.63, 3.8) is 0 Å². The van der Waals surface area contributed by atoms with Crippen LogP contribution in [0.5, 0.6) is 11.5 Å². The van der Waals surface area contributed by atoms with E-state index in [9.17, 15) is 27.9 Å². The van der Waals surface area contributed by atoms with Gasteiger partial charge in [0.15, 0.2) is 11.5 Å². The van der Waals surface area contributed by atoms with Gasteiger partial charge >= 0.3 is 12.3 Å². The molecule has 2 aromatic rings. The number of nitriles is 1. The highest BCUT2D eigenvalue weighted by molar-refractivity contribution is 5.99. The number of ketones is 1. The maximum absolute atomic E-state index is 12.2. The number of rotatable bonds is 6. The lowest BCUT2D eigenvalue weighted by Gasteiger charge is -2.10. The molecule has 0 fully saturated rings. The summed E-state index contributed by atoms with van der Waals surface area (Å²) in [5, 5.41) is 27.7. The molecule has 0 bridgehead atoms. The largest absolute Gasteiger partial charge is 0.573 e. The molecule has 2 rings (SSSR count). The number of aromatic nitrogens is 1. The van der Waals surface area contributed by atoms with Gasteiger partial charge in [-0.15, -0.1) is 13.2 Å². The Morgan fingerprint density at radius 3 is 2.33 bits per heavy atom. The topological polar surface area (TPSA) is 121 Å². The maximum atomic E-state index is 12.2. The third-order valence-electron chi connectivity index (χ3n) is 3.33. The highest BCUT2D eigenvalue weighted by Gasteiger charge is 2.31. The summed E-state index contributed by atoms with van der Waals surface area (Å²) in [5.74, 6) is -3.16. The zero-order chi connectivity index (χ0) is 20.2. The molecule has 1 aromatic heterocycles. The Labute approximate surface area is 150 Å². The van der Waals surface area contributed by atoms with Crippen molar-refractivity contribution in [2.45, 2.75) is 19.2 Å². The van der Waals surface area contributed by atoms with E-state index in [0.29, 0.717) is 0 Å². The van der Waals surface area contributed by atoms with Gasteiger partial charge in [0.25, 0.3) is 0 Å². The summed E-state index contributed by atoms with van der Waals surface area (Å²) < 4.78 is 40.4. The molecular formula is C17H11F3N2O5. The molecule has 0 unspecified atom stereocenters. The normalized spacial score (nSPS) is 10.9.